The second-order valence-corrected chi connectivity index (χ2v) is 8.71. The SMILES string of the molecule is CC(C)(C)OC(=O)CC(CC1CCC(F)CC1)C(C)(C)C. The molecule has 0 aromatic carbocycles. The summed E-state index contributed by atoms with van der Waals surface area (Å²) in [7, 11) is 0. The molecule has 0 bridgehead atoms. The summed E-state index contributed by atoms with van der Waals surface area (Å²) in [5.74, 6) is 0.749. The third-order valence-electron chi connectivity index (χ3n) is 4.45. The molecular weight excluding hydrogens is 267 g/mol. The standard InChI is InChI=1S/C18H33FO2/c1-17(2,3)14(12-16(20)21-18(4,5)6)11-13-7-9-15(19)10-8-13/h13-15H,7-12H2,1-6H3. The Balaban J connectivity index is 2.58. The highest BCUT2D eigenvalue weighted by atomic mass is 19.1. The number of hydrogen-bond acceptors (Lipinski definition) is 2. The monoisotopic (exact) mass is 300 g/mol. The number of carbonyl (C=O) groups is 1. The summed E-state index contributed by atoms with van der Waals surface area (Å²) >= 11 is 0. The molecule has 1 rings (SSSR count). The van der Waals surface area contributed by atoms with Gasteiger partial charge in [-0.05, 0) is 70.1 Å². The van der Waals surface area contributed by atoms with Crippen molar-refractivity contribution in [1.29, 1.82) is 0 Å². The normalized spacial score (nSPS) is 25.5. The summed E-state index contributed by atoms with van der Waals surface area (Å²) in [6.07, 6.45) is 4.16. The molecule has 1 aliphatic rings. The molecule has 3 heteroatoms. The van der Waals surface area contributed by atoms with Crippen LogP contribution in [0.25, 0.3) is 0 Å². The van der Waals surface area contributed by atoms with Crippen LogP contribution >= 0.6 is 0 Å². The quantitative estimate of drug-likeness (QED) is 0.659. The van der Waals surface area contributed by atoms with Crippen molar-refractivity contribution in [3.8, 4) is 0 Å². The Morgan fingerprint density at radius 1 is 1.10 bits per heavy atom. The first-order chi connectivity index (χ1) is 9.47. The molecule has 1 atom stereocenters. The molecule has 0 aliphatic heterocycles. The molecule has 1 aliphatic carbocycles. The summed E-state index contributed by atoms with van der Waals surface area (Å²) in [4.78, 5) is 12.1. The smallest absolute Gasteiger partial charge is 0.306 e. The van der Waals surface area contributed by atoms with Gasteiger partial charge in [-0.25, -0.2) is 4.39 Å². The van der Waals surface area contributed by atoms with E-state index in [0.29, 0.717) is 31.1 Å². The van der Waals surface area contributed by atoms with Crippen LogP contribution in [0, 0.1) is 17.3 Å². The van der Waals surface area contributed by atoms with Gasteiger partial charge in [0.2, 0.25) is 0 Å². The maximum Gasteiger partial charge on any atom is 0.306 e. The van der Waals surface area contributed by atoms with Gasteiger partial charge in [0, 0.05) is 6.42 Å². The maximum atomic E-state index is 13.3. The average Bonchev–Trinajstić information content (AvgIpc) is 2.27. The fourth-order valence-corrected chi connectivity index (χ4v) is 3.09. The Hall–Kier alpha value is -0.600. The van der Waals surface area contributed by atoms with Crippen LogP contribution in [-0.2, 0) is 9.53 Å². The molecule has 0 aromatic rings. The Morgan fingerprint density at radius 3 is 2.05 bits per heavy atom. The van der Waals surface area contributed by atoms with Crippen LogP contribution in [0.15, 0.2) is 0 Å². The lowest BCUT2D eigenvalue weighted by atomic mass is 9.71. The highest BCUT2D eigenvalue weighted by molar-refractivity contribution is 5.70. The lowest BCUT2D eigenvalue weighted by Crippen LogP contribution is -2.31. The van der Waals surface area contributed by atoms with Crippen molar-refractivity contribution < 1.29 is 13.9 Å². The minimum atomic E-state index is -0.611. The van der Waals surface area contributed by atoms with Gasteiger partial charge in [0.05, 0.1) is 0 Å². The first-order valence-corrected chi connectivity index (χ1v) is 8.33. The fraction of sp³-hybridized carbons (Fsp3) is 0.944. The summed E-state index contributed by atoms with van der Waals surface area (Å²) in [5, 5.41) is 0. The van der Waals surface area contributed by atoms with Crippen molar-refractivity contribution in [2.24, 2.45) is 17.3 Å². The van der Waals surface area contributed by atoms with Gasteiger partial charge in [-0.15, -0.1) is 0 Å². The maximum absolute atomic E-state index is 13.3. The van der Waals surface area contributed by atoms with E-state index in [1.54, 1.807) is 0 Å². The first-order valence-electron chi connectivity index (χ1n) is 8.33. The number of alkyl halides is 1. The molecule has 0 heterocycles. The summed E-state index contributed by atoms with van der Waals surface area (Å²) in [6.45, 7) is 12.3. The zero-order valence-corrected chi connectivity index (χ0v) is 14.7. The lowest BCUT2D eigenvalue weighted by Gasteiger charge is -2.35. The van der Waals surface area contributed by atoms with Crippen molar-refractivity contribution in [3.05, 3.63) is 0 Å². The average molecular weight is 300 g/mol. The molecule has 124 valence electrons. The number of carbonyl (C=O) groups excluding carboxylic acids is 1. The topological polar surface area (TPSA) is 26.3 Å². The number of esters is 1. The second-order valence-electron chi connectivity index (χ2n) is 8.71. The van der Waals surface area contributed by atoms with Crippen molar-refractivity contribution >= 4 is 5.97 Å². The minimum Gasteiger partial charge on any atom is -0.460 e. The van der Waals surface area contributed by atoms with E-state index in [0.717, 1.165) is 19.3 Å². The van der Waals surface area contributed by atoms with E-state index in [1.807, 2.05) is 20.8 Å². The van der Waals surface area contributed by atoms with Crippen LogP contribution in [-0.4, -0.2) is 17.7 Å². The predicted octanol–water partition coefficient (Wildman–Crippen LogP) is 5.30. The van der Waals surface area contributed by atoms with E-state index in [1.165, 1.54) is 0 Å². The third-order valence-corrected chi connectivity index (χ3v) is 4.45. The highest BCUT2D eigenvalue weighted by Crippen LogP contribution is 2.39. The van der Waals surface area contributed by atoms with Crippen molar-refractivity contribution in [2.45, 2.75) is 91.8 Å². The van der Waals surface area contributed by atoms with E-state index in [9.17, 15) is 9.18 Å². The van der Waals surface area contributed by atoms with Crippen molar-refractivity contribution in [1.82, 2.24) is 0 Å². The fourth-order valence-electron chi connectivity index (χ4n) is 3.09. The molecule has 0 saturated heterocycles. The Morgan fingerprint density at radius 2 is 1.62 bits per heavy atom. The second kappa shape index (κ2) is 7.11. The van der Waals surface area contributed by atoms with Gasteiger partial charge >= 0.3 is 5.97 Å². The van der Waals surface area contributed by atoms with Crippen LogP contribution in [0.2, 0.25) is 0 Å². The molecular formula is C18H33FO2. The number of halogens is 1. The van der Waals surface area contributed by atoms with Gasteiger partial charge in [0.25, 0.3) is 0 Å². The van der Waals surface area contributed by atoms with E-state index >= 15 is 0 Å². The summed E-state index contributed by atoms with van der Waals surface area (Å²) in [5.41, 5.74) is -0.352. The van der Waals surface area contributed by atoms with E-state index in [-0.39, 0.29) is 11.4 Å². The molecule has 0 aromatic heterocycles. The highest BCUT2D eigenvalue weighted by Gasteiger charge is 2.32. The zero-order valence-electron chi connectivity index (χ0n) is 14.7. The first kappa shape index (κ1) is 18.4. The van der Waals surface area contributed by atoms with Gasteiger partial charge in [-0.2, -0.15) is 0 Å². The van der Waals surface area contributed by atoms with Crippen LogP contribution < -0.4 is 0 Å². The van der Waals surface area contributed by atoms with E-state index in [2.05, 4.69) is 20.8 Å². The molecule has 1 fully saturated rings. The van der Waals surface area contributed by atoms with Crippen molar-refractivity contribution in [3.63, 3.8) is 0 Å². The molecule has 0 amide bonds. The van der Waals surface area contributed by atoms with Crippen molar-refractivity contribution in [2.75, 3.05) is 0 Å². The summed E-state index contributed by atoms with van der Waals surface area (Å²) in [6, 6.07) is 0. The Labute approximate surface area is 129 Å². The molecule has 2 nitrogen and oxygen atoms in total. The Kier molecular flexibility index (Phi) is 6.24. The van der Waals surface area contributed by atoms with Gasteiger partial charge < -0.3 is 4.74 Å². The van der Waals surface area contributed by atoms with Crippen LogP contribution in [0.4, 0.5) is 4.39 Å². The number of rotatable bonds is 4. The predicted molar refractivity (Wildman–Crippen MR) is 84.9 cm³/mol. The van der Waals surface area contributed by atoms with Crippen LogP contribution in [0.5, 0.6) is 0 Å². The molecule has 21 heavy (non-hydrogen) atoms. The minimum absolute atomic E-state index is 0.0729. The van der Waals surface area contributed by atoms with Gasteiger partial charge in [0.15, 0.2) is 0 Å². The summed E-state index contributed by atoms with van der Waals surface area (Å²) < 4.78 is 18.7. The third kappa shape index (κ3) is 7.28. The molecule has 0 radical (unpaired) electrons. The Bertz CT molecular complexity index is 330. The molecule has 1 saturated carbocycles. The van der Waals surface area contributed by atoms with E-state index in [4.69, 9.17) is 4.74 Å². The number of hydrogen-bond donors (Lipinski definition) is 0. The number of ether oxygens (including phenoxy) is 1. The lowest BCUT2D eigenvalue weighted by molar-refractivity contribution is -0.157. The van der Waals surface area contributed by atoms with E-state index < -0.39 is 11.8 Å². The zero-order chi connectivity index (χ0) is 16.3. The van der Waals surface area contributed by atoms with Crippen LogP contribution in [0.1, 0.15) is 80.1 Å². The van der Waals surface area contributed by atoms with Crippen LogP contribution in [0.3, 0.4) is 0 Å². The molecule has 0 N–H and O–H groups in total. The molecule has 1 unspecified atom stereocenters. The molecule has 0 spiro atoms. The largest absolute Gasteiger partial charge is 0.460 e. The van der Waals surface area contributed by atoms with Gasteiger partial charge in [-0.1, -0.05) is 20.8 Å². The van der Waals surface area contributed by atoms with Gasteiger partial charge in [-0.3, -0.25) is 4.79 Å². The van der Waals surface area contributed by atoms with Gasteiger partial charge in [0.1, 0.15) is 11.8 Å².